The third-order valence-corrected chi connectivity index (χ3v) is 7.00. The van der Waals surface area contributed by atoms with Gasteiger partial charge in [-0.15, -0.1) is 5.10 Å². The summed E-state index contributed by atoms with van der Waals surface area (Å²) in [7, 11) is 0. The molecule has 0 aliphatic carbocycles. The summed E-state index contributed by atoms with van der Waals surface area (Å²) in [4.78, 5) is 18.1. The van der Waals surface area contributed by atoms with Crippen LogP contribution in [0.3, 0.4) is 0 Å². The standard InChI is InChI=1S/C22H22Br2N4O3S/c1-3-5-8-32-22-26-21(30)18-14-11-13(23)6-7-16(14)25-20(28(18)27-22)12-9-15(24)19(29)17(10-12)31-4-2/h6-7,9-11,20,29H,3-5,8H2,1-2H3,(H,26,27,30). The molecule has 1 unspecified atom stereocenters. The molecular formula is C22H22Br2N4O3S. The zero-order chi connectivity index (χ0) is 22.8. The minimum absolute atomic E-state index is 0.0237. The van der Waals surface area contributed by atoms with Crippen LogP contribution in [0.2, 0.25) is 0 Å². The maximum Gasteiger partial charge on any atom is 0.276 e. The van der Waals surface area contributed by atoms with E-state index in [4.69, 9.17) is 14.8 Å². The maximum atomic E-state index is 13.2. The zero-order valence-electron chi connectivity index (χ0n) is 17.6. The number of nitrogens with zero attached hydrogens (tertiary/aromatic N) is 3. The predicted octanol–water partition coefficient (Wildman–Crippen LogP) is 3.99. The van der Waals surface area contributed by atoms with Crippen molar-refractivity contribution >= 4 is 60.4 Å². The molecule has 0 radical (unpaired) electrons. The molecule has 1 atom stereocenters. The fraction of sp³-hybridized carbons (Fsp3) is 0.318. The number of thioether (sulfide) groups is 1. The van der Waals surface area contributed by atoms with Gasteiger partial charge in [-0.25, -0.2) is 5.01 Å². The average molecular weight is 582 g/mol. The van der Waals surface area contributed by atoms with Gasteiger partial charge in [0.1, 0.15) is 5.70 Å². The number of hydrogen-bond acceptors (Lipinski definition) is 7. The molecule has 1 amide bonds. The second-order valence-electron chi connectivity index (χ2n) is 7.20. The van der Waals surface area contributed by atoms with E-state index in [0.717, 1.165) is 28.6 Å². The molecular weight excluding hydrogens is 560 g/mol. The van der Waals surface area contributed by atoms with Crippen molar-refractivity contribution in [3.05, 3.63) is 55.4 Å². The number of rotatable bonds is 6. The highest BCUT2D eigenvalue weighted by Gasteiger charge is 2.35. The van der Waals surface area contributed by atoms with E-state index in [1.807, 2.05) is 25.1 Å². The van der Waals surface area contributed by atoms with E-state index >= 15 is 0 Å². The Hall–Kier alpha value is -2.04. The van der Waals surface area contributed by atoms with Crippen LogP contribution in [0.1, 0.15) is 38.4 Å². The Morgan fingerprint density at radius 1 is 1.25 bits per heavy atom. The van der Waals surface area contributed by atoms with Crippen molar-refractivity contribution in [1.29, 1.82) is 0 Å². The molecule has 4 rings (SSSR count). The highest BCUT2D eigenvalue weighted by molar-refractivity contribution is 9.10. The van der Waals surface area contributed by atoms with Crippen molar-refractivity contribution in [3.8, 4) is 11.5 Å². The number of ether oxygens (including phenoxy) is 1. The average Bonchev–Trinajstić information content (AvgIpc) is 2.76. The SMILES string of the molecule is CCCCSC1=NN2C(=c3cc(Br)ccc3=NC2c2cc(Br)c(O)c(OCC)c2)C(=O)N1. The summed E-state index contributed by atoms with van der Waals surface area (Å²) in [6, 6.07) is 9.16. The van der Waals surface area contributed by atoms with Crippen molar-refractivity contribution in [3.63, 3.8) is 0 Å². The maximum absolute atomic E-state index is 13.2. The summed E-state index contributed by atoms with van der Waals surface area (Å²) in [5.41, 5.74) is 1.17. The first-order valence-corrected chi connectivity index (χ1v) is 12.8. The molecule has 2 aliphatic heterocycles. The van der Waals surface area contributed by atoms with Gasteiger partial charge in [0.15, 0.2) is 22.8 Å². The van der Waals surface area contributed by atoms with Crippen LogP contribution in [0.5, 0.6) is 11.5 Å². The molecule has 0 saturated carbocycles. The summed E-state index contributed by atoms with van der Waals surface area (Å²) >= 11 is 8.41. The normalized spacial score (nSPS) is 17.2. The van der Waals surface area contributed by atoms with Crippen molar-refractivity contribution in [2.45, 2.75) is 32.9 Å². The lowest BCUT2D eigenvalue weighted by atomic mass is 10.1. The Balaban J connectivity index is 1.88. The number of halogens is 2. The molecule has 0 saturated heterocycles. The Morgan fingerprint density at radius 3 is 2.81 bits per heavy atom. The lowest BCUT2D eigenvalue weighted by molar-refractivity contribution is -0.116. The first-order valence-electron chi connectivity index (χ1n) is 10.3. The molecule has 7 nitrogen and oxygen atoms in total. The molecule has 0 bridgehead atoms. The third kappa shape index (κ3) is 4.53. The van der Waals surface area contributed by atoms with Crippen LogP contribution in [0.15, 0.2) is 49.4 Å². The molecule has 32 heavy (non-hydrogen) atoms. The number of fused-ring (bicyclic) bond motifs is 2. The van der Waals surface area contributed by atoms with Crippen LogP contribution < -0.4 is 20.6 Å². The lowest BCUT2D eigenvalue weighted by Gasteiger charge is -2.34. The predicted molar refractivity (Wildman–Crippen MR) is 133 cm³/mol. The fourth-order valence-corrected chi connectivity index (χ4v) is 5.21. The second kappa shape index (κ2) is 9.84. The highest BCUT2D eigenvalue weighted by Crippen LogP contribution is 2.40. The van der Waals surface area contributed by atoms with Gasteiger partial charge in [-0.1, -0.05) is 41.0 Å². The number of amides is 1. The van der Waals surface area contributed by atoms with Crippen LogP contribution in [0.25, 0.3) is 5.70 Å². The van der Waals surface area contributed by atoms with E-state index < -0.39 is 6.17 Å². The fourth-order valence-electron chi connectivity index (χ4n) is 3.46. The largest absolute Gasteiger partial charge is 0.503 e. The van der Waals surface area contributed by atoms with Gasteiger partial charge in [-0.2, -0.15) is 0 Å². The molecule has 168 valence electrons. The Bertz CT molecular complexity index is 1220. The van der Waals surface area contributed by atoms with Gasteiger partial charge in [0.05, 0.1) is 16.4 Å². The summed E-state index contributed by atoms with van der Waals surface area (Å²) in [5, 5.41) is 21.6. The van der Waals surface area contributed by atoms with Gasteiger partial charge in [0.2, 0.25) is 0 Å². The zero-order valence-corrected chi connectivity index (χ0v) is 21.6. The molecule has 0 spiro atoms. The number of unbranched alkanes of at least 4 members (excludes halogenated alkanes) is 1. The number of carbonyl (C=O) groups excluding carboxylic acids is 1. The summed E-state index contributed by atoms with van der Waals surface area (Å²) < 4.78 is 6.94. The van der Waals surface area contributed by atoms with E-state index in [-0.39, 0.29) is 11.7 Å². The van der Waals surface area contributed by atoms with Gasteiger partial charge in [-0.3, -0.25) is 15.1 Å². The highest BCUT2D eigenvalue weighted by atomic mass is 79.9. The Morgan fingerprint density at radius 2 is 2.06 bits per heavy atom. The number of hydrazone groups is 1. The summed E-state index contributed by atoms with van der Waals surface area (Å²) in [6.45, 7) is 4.38. The number of nitrogens with one attached hydrogen (secondary N) is 1. The van der Waals surface area contributed by atoms with Gasteiger partial charge in [0, 0.05) is 21.0 Å². The van der Waals surface area contributed by atoms with E-state index in [1.54, 1.807) is 17.1 Å². The molecule has 0 aromatic heterocycles. The smallest absolute Gasteiger partial charge is 0.276 e. The van der Waals surface area contributed by atoms with E-state index in [1.165, 1.54) is 11.8 Å². The summed E-state index contributed by atoms with van der Waals surface area (Å²) in [5.74, 6) is 1.01. The topological polar surface area (TPSA) is 86.5 Å². The first-order chi connectivity index (χ1) is 15.4. The third-order valence-electron chi connectivity index (χ3n) is 4.96. The van der Waals surface area contributed by atoms with E-state index in [0.29, 0.717) is 38.3 Å². The van der Waals surface area contributed by atoms with E-state index in [2.05, 4.69) is 44.1 Å². The first kappa shape index (κ1) is 23.1. The second-order valence-corrected chi connectivity index (χ2v) is 10.1. The number of carbonyl (C=O) groups is 1. The quantitative estimate of drug-likeness (QED) is 0.504. The number of phenols is 1. The number of phenolic OH excluding ortho intramolecular Hbond substituents is 1. The summed E-state index contributed by atoms with van der Waals surface area (Å²) in [6.07, 6.45) is 1.50. The number of benzene rings is 2. The van der Waals surface area contributed by atoms with Crippen LogP contribution in [-0.2, 0) is 4.79 Å². The van der Waals surface area contributed by atoms with Gasteiger partial charge in [0.25, 0.3) is 5.91 Å². The van der Waals surface area contributed by atoms with Crippen molar-refractivity contribution < 1.29 is 14.6 Å². The minimum atomic E-state index is -0.595. The van der Waals surface area contributed by atoms with E-state index in [9.17, 15) is 9.90 Å². The van der Waals surface area contributed by atoms with Gasteiger partial charge in [-0.05, 0) is 59.6 Å². The lowest BCUT2D eigenvalue weighted by Crippen LogP contribution is -2.50. The Kier molecular flexibility index (Phi) is 7.11. The van der Waals surface area contributed by atoms with Crippen LogP contribution in [0.4, 0.5) is 0 Å². The van der Waals surface area contributed by atoms with Gasteiger partial charge >= 0.3 is 0 Å². The van der Waals surface area contributed by atoms with Gasteiger partial charge < -0.3 is 9.84 Å². The molecule has 2 aromatic carbocycles. The van der Waals surface area contributed by atoms with Crippen molar-refractivity contribution in [2.24, 2.45) is 10.1 Å². The molecule has 2 aromatic rings. The monoisotopic (exact) mass is 580 g/mol. The number of hydrogen-bond donors (Lipinski definition) is 2. The van der Waals surface area contributed by atoms with Crippen LogP contribution in [-0.4, -0.2) is 33.6 Å². The molecule has 0 fully saturated rings. The molecule has 10 heteroatoms. The Labute approximate surface area is 206 Å². The molecule has 2 aliphatic rings. The molecule has 2 heterocycles. The van der Waals surface area contributed by atoms with Crippen LogP contribution >= 0.6 is 43.6 Å². The molecule has 2 N–H and O–H groups in total. The minimum Gasteiger partial charge on any atom is -0.503 e. The van der Waals surface area contributed by atoms with Crippen molar-refractivity contribution in [2.75, 3.05) is 12.4 Å². The number of amidine groups is 1. The van der Waals surface area contributed by atoms with Crippen molar-refractivity contribution in [1.82, 2.24) is 10.3 Å². The van der Waals surface area contributed by atoms with Crippen LogP contribution in [0, 0.1) is 0 Å². The number of aromatic hydroxyl groups is 1.